The molecule has 0 spiro atoms. The van der Waals surface area contributed by atoms with E-state index < -0.39 is 0 Å². The van der Waals surface area contributed by atoms with Crippen LogP contribution in [0.1, 0.15) is 38.3 Å². The van der Waals surface area contributed by atoms with Crippen molar-refractivity contribution < 1.29 is 4.92 Å². The molecule has 2 rings (SSSR count). The van der Waals surface area contributed by atoms with E-state index in [1.54, 1.807) is 11.7 Å². The van der Waals surface area contributed by atoms with Crippen LogP contribution in [-0.4, -0.2) is 45.8 Å². The zero-order valence-corrected chi connectivity index (χ0v) is 12.6. The van der Waals surface area contributed by atoms with Crippen LogP contribution in [-0.2, 0) is 7.05 Å². The molecule has 1 N–H and O–H groups in total. The maximum absolute atomic E-state index is 11.4. The van der Waals surface area contributed by atoms with Gasteiger partial charge in [0.2, 0.25) is 5.82 Å². The van der Waals surface area contributed by atoms with Gasteiger partial charge in [0, 0.05) is 19.0 Å². The van der Waals surface area contributed by atoms with Gasteiger partial charge < -0.3 is 10.2 Å². The van der Waals surface area contributed by atoms with E-state index in [1.165, 1.54) is 0 Å². The van der Waals surface area contributed by atoms with Crippen molar-refractivity contribution in [3.05, 3.63) is 15.8 Å². The molecular formula is C13H23N5O2. The van der Waals surface area contributed by atoms with E-state index in [4.69, 9.17) is 0 Å². The van der Waals surface area contributed by atoms with Crippen molar-refractivity contribution in [3.8, 4) is 0 Å². The summed E-state index contributed by atoms with van der Waals surface area (Å²) in [4.78, 5) is 13.3. The van der Waals surface area contributed by atoms with Crippen LogP contribution in [0.4, 0.5) is 11.5 Å². The van der Waals surface area contributed by atoms with Gasteiger partial charge in [-0.15, -0.1) is 0 Å². The molecule has 20 heavy (non-hydrogen) atoms. The van der Waals surface area contributed by atoms with Crippen molar-refractivity contribution in [1.82, 2.24) is 14.7 Å². The molecule has 1 aromatic heterocycles. The molecule has 0 saturated carbocycles. The number of nitrogens with zero attached hydrogens (tertiary/aromatic N) is 4. The topological polar surface area (TPSA) is 76.2 Å². The summed E-state index contributed by atoms with van der Waals surface area (Å²) in [6.45, 7) is 5.88. The third-order valence-electron chi connectivity index (χ3n) is 3.84. The molecule has 2 heterocycles. The highest BCUT2D eigenvalue weighted by molar-refractivity contribution is 5.61. The molecular weight excluding hydrogens is 258 g/mol. The van der Waals surface area contributed by atoms with Crippen LogP contribution in [0.2, 0.25) is 0 Å². The van der Waals surface area contributed by atoms with E-state index >= 15 is 0 Å². The van der Waals surface area contributed by atoms with Gasteiger partial charge in [0.1, 0.15) is 5.69 Å². The molecule has 1 saturated heterocycles. The number of likely N-dealkylation sites (tertiary alicyclic amines) is 1. The number of aryl methyl sites for hydroxylation is 1. The van der Waals surface area contributed by atoms with E-state index in [1.807, 2.05) is 13.8 Å². The monoisotopic (exact) mass is 281 g/mol. The standard InChI is InChI=1S/C13H23N5O2/c1-9(2)11-12(18(19)20)13(17(4)15-11)14-10-5-7-16(3)8-6-10/h9-10,14H,5-8H2,1-4H3. The van der Waals surface area contributed by atoms with Gasteiger partial charge in [0.15, 0.2) is 0 Å². The number of nitrogens with one attached hydrogen (secondary N) is 1. The summed E-state index contributed by atoms with van der Waals surface area (Å²) in [6.07, 6.45) is 1.99. The molecule has 0 unspecified atom stereocenters. The lowest BCUT2D eigenvalue weighted by Gasteiger charge is -2.29. The minimum Gasteiger partial charge on any atom is -0.362 e. The third kappa shape index (κ3) is 2.92. The third-order valence-corrected chi connectivity index (χ3v) is 3.84. The fourth-order valence-electron chi connectivity index (χ4n) is 2.61. The van der Waals surface area contributed by atoms with Crippen LogP contribution < -0.4 is 5.32 Å². The van der Waals surface area contributed by atoms with Crippen LogP contribution >= 0.6 is 0 Å². The lowest BCUT2D eigenvalue weighted by Crippen LogP contribution is -2.37. The normalized spacial score (nSPS) is 17.6. The fraction of sp³-hybridized carbons (Fsp3) is 0.769. The maximum atomic E-state index is 11.4. The largest absolute Gasteiger partial charge is 0.362 e. The van der Waals surface area contributed by atoms with Crippen LogP contribution in [0.15, 0.2) is 0 Å². The number of rotatable bonds is 4. The first-order valence-corrected chi connectivity index (χ1v) is 7.06. The maximum Gasteiger partial charge on any atom is 0.334 e. The number of piperidine rings is 1. The molecule has 1 aliphatic rings. The average Bonchev–Trinajstić information content (AvgIpc) is 2.70. The first-order chi connectivity index (χ1) is 9.40. The summed E-state index contributed by atoms with van der Waals surface area (Å²) in [5, 5.41) is 19.0. The van der Waals surface area contributed by atoms with Crippen molar-refractivity contribution in [1.29, 1.82) is 0 Å². The van der Waals surface area contributed by atoms with Crippen molar-refractivity contribution in [2.45, 2.75) is 38.6 Å². The molecule has 1 aliphatic heterocycles. The number of hydrogen-bond acceptors (Lipinski definition) is 5. The fourth-order valence-corrected chi connectivity index (χ4v) is 2.61. The first-order valence-electron chi connectivity index (χ1n) is 7.06. The summed E-state index contributed by atoms with van der Waals surface area (Å²) in [6, 6.07) is 0.278. The summed E-state index contributed by atoms with van der Waals surface area (Å²) in [7, 11) is 3.86. The smallest absolute Gasteiger partial charge is 0.334 e. The van der Waals surface area contributed by atoms with Crippen molar-refractivity contribution in [2.24, 2.45) is 7.05 Å². The molecule has 0 radical (unpaired) electrons. The second-order valence-electron chi connectivity index (χ2n) is 5.84. The quantitative estimate of drug-likeness (QED) is 0.674. The molecule has 0 atom stereocenters. The molecule has 7 nitrogen and oxygen atoms in total. The Hall–Kier alpha value is -1.63. The van der Waals surface area contributed by atoms with E-state index in [2.05, 4.69) is 22.4 Å². The van der Waals surface area contributed by atoms with Crippen molar-refractivity contribution in [3.63, 3.8) is 0 Å². The molecule has 1 aromatic rings. The first kappa shape index (κ1) is 14.8. The highest BCUT2D eigenvalue weighted by atomic mass is 16.6. The molecule has 1 fully saturated rings. The van der Waals surface area contributed by atoms with Gasteiger partial charge in [0.05, 0.1) is 4.92 Å². The predicted molar refractivity (Wildman–Crippen MR) is 78.1 cm³/mol. The van der Waals surface area contributed by atoms with Gasteiger partial charge in [-0.25, -0.2) is 4.68 Å². The highest BCUT2D eigenvalue weighted by Gasteiger charge is 2.30. The van der Waals surface area contributed by atoms with Crippen molar-refractivity contribution in [2.75, 3.05) is 25.5 Å². The minimum absolute atomic E-state index is 0.0367. The molecule has 7 heteroatoms. The molecule has 0 bridgehead atoms. The van der Waals surface area contributed by atoms with E-state index in [0.29, 0.717) is 11.5 Å². The summed E-state index contributed by atoms with van der Waals surface area (Å²) < 4.78 is 1.60. The zero-order valence-electron chi connectivity index (χ0n) is 12.6. The Bertz CT molecular complexity index is 489. The molecule has 0 amide bonds. The Kier molecular flexibility index (Phi) is 4.27. The Labute approximate surface area is 119 Å². The number of aromatic nitrogens is 2. The SMILES string of the molecule is CC(C)c1nn(C)c(NC2CCN(C)CC2)c1[N+](=O)[O-]. The number of nitro groups is 1. The summed E-state index contributed by atoms with van der Waals surface area (Å²) in [5.74, 6) is 0.572. The van der Waals surface area contributed by atoms with Gasteiger partial charge >= 0.3 is 5.69 Å². The van der Waals surface area contributed by atoms with Crippen LogP contribution in [0.25, 0.3) is 0 Å². The highest BCUT2D eigenvalue weighted by Crippen LogP contribution is 2.33. The Balaban J connectivity index is 2.24. The molecule has 112 valence electrons. The van der Waals surface area contributed by atoms with Gasteiger partial charge in [-0.05, 0) is 33.0 Å². The second kappa shape index (κ2) is 5.78. The van der Waals surface area contributed by atoms with Crippen LogP contribution in [0.3, 0.4) is 0 Å². The van der Waals surface area contributed by atoms with Gasteiger partial charge in [-0.3, -0.25) is 10.1 Å². The second-order valence-corrected chi connectivity index (χ2v) is 5.84. The van der Waals surface area contributed by atoms with Gasteiger partial charge in [-0.2, -0.15) is 5.10 Å². The minimum atomic E-state index is -0.320. The number of hydrogen-bond donors (Lipinski definition) is 1. The lowest BCUT2D eigenvalue weighted by atomic mass is 10.1. The summed E-state index contributed by atoms with van der Waals surface area (Å²) >= 11 is 0. The number of anilines is 1. The van der Waals surface area contributed by atoms with E-state index in [-0.39, 0.29) is 22.6 Å². The zero-order chi connectivity index (χ0) is 14.9. The van der Waals surface area contributed by atoms with Crippen molar-refractivity contribution >= 4 is 11.5 Å². The Morgan fingerprint density at radius 3 is 2.45 bits per heavy atom. The van der Waals surface area contributed by atoms with E-state index in [9.17, 15) is 10.1 Å². The predicted octanol–water partition coefficient (Wildman–Crippen LogP) is 1.96. The molecule has 0 aliphatic carbocycles. The van der Waals surface area contributed by atoms with E-state index in [0.717, 1.165) is 25.9 Å². The Morgan fingerprint density at radius 1 is 1.35 bits per heavy atom. The van der Waals surface area contributed by atoms with Crippen LogP contribution in [0, 0.1) is 10.1 Å². The summed E-state index contributed by atoms with van der Waals surface area (Å²) in [5.41, 5.74) is 0.675. The Morgan fingerprint density at radius 2 is 1.95 bits per heavy atom. The lowest BCUT2D eigenvalue weighted by molar-refractivity contribution is -0.384. The molecule has 0 aromatic carbocycles. The van der Waals surface area contributed by atoms with Crippen LogP contribution in [0.5, 0.6) is 0 Å². The van der Waals surface area contributed by atoms with Gasteiger partial charge in [-0.1, -0.05) is 13.8 Å². The van der Waals surface area contributed by atoms with Gasteiger partial charge in [0.25, 0.3) is 0 Å². The average molecular weight is 281 g/mol.